The maximum absolute atomic E-state index is 14.2. The fourth-order valence-corrected chi connectivity index (χ4v) is 6.62. The number of hydrogen-bond acceptors (Lipinski definition) is 6. The SMILES string of the molecule is CN(C)CCCN(C(=O)c1ccc(S(=O)(=O)N2CCCCC2)cc1)c1nc2c(F)cc(F)cc2s1. The molecule has 11 heteroatoms. The van der Waals surface area contributed by atoms with Gasteiger partial charge < -0.3 is 4.90 Å². The summed E-state index contributed by atoms with van der Waals surface area (Å²) >= 11 is 1.04. The van der Waals surface area contributed by atoms with Crippen molar-refractivity contribution in [2.75, 3.05) is 45.2 Å². The third kappa shape index (κ3) is 5.69. The third-order valence-corrected chi connectivity index (χ3v) is 8.86. The molecule has 0 radical (unpaired) electrons. The molecule has 3 aromatic rings. The van der Waals surface area contributed by atoms with Gasteiger partial charge in [-0.25, -0.2) is 22.2 Å². The maximum Gasteiger partial charge on any atom is 0.260 e. The predicted octanol–water partition coefficient (Wildman–Crippen LogP) is 4.35. The van der Waals surface area contributed by atoms with Crippen molar-refractivity contribution in [1.82, 2.24) is 14.2 Å². The molecule has 0 unspecified atom stereocenters. The summed E-state index contributed by atoms with van der Waals surface area (Å²) in [6, 6.07) is 7.84. The molecule has 2 heterocycles. The molecular formula is C24H28F2N4O3S2. The Hall–Kier alpha value is -2.47. The van der Waals surface area contributed by atoms with Gasteiger partial charge in [0.15, 0.2) is 10.9 Å². The van der Waals surface area contributed by atoms with Crippen LogP contribution in [0.2, 0.25) is 0 Å². The van der Waals surface area contributed by atoms with Gasteiger partial charge in [0.2, 0.25) is 10.0 Å². The van der Waals surface area contributed by atoms with Crippen LogP contribution in [0.15, 0.2) is 41.3 Å². The highest BCUT2D eigenvalue weighted by Crippen LogP contribution is 2.32. The van der Waals surface area contributed by atoms with Gasteiger partial charge in [-0.2, -0.15) is 4.31 Å². The lowest BCUT2D eigenvalue weighted by Gasteiger charge is -2.26. The number of nitrogens with zero attached hydrogens (tertiary/aromatic N) is 4. The van der Waals surface area contributed by atoms with E-state index in [1.54, 1.807) is 0 Å². The summed E-state index contributed by atoms with van der Waals surface area (Å²) in [5.41, 5.74) is 0.304. The number of rotatable bonds is 8. The molecule has 2 aromatic carbocycles. The monoisotopic (exact) mass is 522 g/mol. The number of hydrogen-bond donors (Lipinski definition) is 0. The maximum atomic E-state index is 14.2. The van der Waals surface area contributed by atoms with Crippen molar-refractivity contribution in [1.29, 1.82) is 0 Å². The van der Waals surface area contributed by atoms with Gasteiger partial charge in [0.05, 0.1) is 9.60 Å². The summed E-state index contributed by atoms with van der Waals surface area (Å²) in [5.74, 6) is -1.87. The van der Waals surface area contributed by atoms with Gasteiger partial charge in [0.1, 0.15) is 11.3 Å². The Morgan fingerprint density at radius 1 is 1.06 bits per heavy atom. The summed E-state index contributed by atoms with van der Waals surface area (Å²) in [6.07, 6.45) is 3.33. The van der Waals surface area contributed by atoms with Gasteiger partial charge in [0, 0.05) is 31.3 Å². The van der Waals surface area contributed by atoms with E-state index >= 15 is 0 Å². The number of carbonyl (C=O) groups excluding carboxylic acids is 1. The van der Waals surface area contributed by atoms with Crippen LogP contribution in [0.1, 0.15) is 36.0 Å². The second-order valence-electron chi connectivity index (χ2n) is 8.83. The molecule has 7 nitrogen and oxygen atoms in total. The Kier molecular flexibility index (Phi) is 7.80. The van der Waals surface area contributed by atoms with Crippen molar-refractivity contribution in [2.45, 2.75) is 30.6 Å². The van der Waals surface area contributed by atoms with Gasteiger partial charge in [-0.05, 0) is 70.2 Å². The molecule has 1 amide bonds. The van der Waals surface area contributed by atoms with Crippen molar-refractivity contribution >= 4 is 42.6 Å². The summed E-state index contributed by atoms with van der Waals surface area (Å²) in [7, 11) is 0.229. The number of piperidine rings is 1. The highest BCUT2D eigenvalue weighted by atomic mass is 32.2. The molecule has 0 N–H and O–H groups in total. The first-order chi connectivity index (χ1) is 16.7. The molecule has 0 saturated carbocycles. The summed E-state index contributed by atoms with van der Waals surface area (Å²) < 4.78 is 55.6. The number of anilines is 1. The Bertz CT molecular complexity index is 1300. The van der Waals surface area contributed by atoms with E-state index in [0.29, 0.717) is 42.9 Å². The molecule has 1 aliphatic heterocycles. The number of aromatic nitrogens is 1. The lowest BCUT2D eigenvalue weighted by molar-refractivity contribution is 0.0986. The van der Waals surface area contributed by atoms with Crippen LogP contribution in [0, 0.1) is 11.6 Å². The Morgan fingerprint density at radius 2 is 1.74 bits per heavy atom. The minimum atomic E-state index is -3.61. The van der Waals surface area contributed by atoms with E-state index in [2.05, 4.69) is 4.98 Å². The zero-order valence-electron chi connectivity index (χ0n) is 19.7. The number of thiazole rings is 1. The molecule has 188 valence electrons. The summed E-state index contributed by atoms with van der Waals surface area (Å²) in [5, 5.41) is 0.262. The largest absolute Gasteiger partial charge is 0.309 e. The first-order valence-corrected chi connectivity index (χ1v) is 13.7. The zero-order valence-corrected chi connectivity index (χ0v) is 21.3. The average Bonchev–Trinajstić information content (AvgIpc) is 3.26. The molecule has 1 aliphatic rings. The molecule has 0 atom stereocenters. The second-order valence-corrected chi connectivity index (χ2v) is 11.8. The Morgan fingerprint density at radius 3 is 2.40 bits per heavy atom. The van der Waals surface area contributed by atoms with Gasteiger partial charge in [-0.3, -0.25) is 9.69 Å². The van der Waals surface area contributed by atoms with E-state index in [0.717, 1.165) is 36.7 Å². The Balaban J connectivity index is 1.62. The van der Waals surface area contributed by atoms with Gasteiger partial charge in [-0.15, -0.1) is 0 Å². The van der Waals surface area contributed by atoms with Crippen LogP contribution in [0.3, 0.4) is 0 Å². The predicted molar refractivity (Wildman–Crippen MR) is 133 cm³/mol. The minimum Gasteiger partial charge on any atom is -0.309 e. The highest BCUT2D eigenvalue weighted by Gasteiger charge is 2.27. The van der Waals surface area contributed by atoms with E-state index < -0.39 is 21.7 Å². The van der Waals surface area contributed by atoms with Crippen LogP contribution in [0.4, 0.5) is 13.9 Å². The number of amides is 1. The normalized spacial score (nSPS) is 15.1. The highest BCUT2D eigenvalue weighted by molar-refractivity contribution is 7.89. The van der Waals surface area contributed by atoms with E-state index in [9.17, 15) is 22.0 Å². The summed E-state index contributed by atoms with van der Waals surface area (Å²) in [6.45, 7) is 2.02. The van der Waals surface area contributed by atoms with E-state index in [1.165, 1.54) is 39.5 Å². The fraction of sp³-hybridized carbons (Fsp3) is 0.417. The quantitative estimate of drug-likeness (QED) is 0.440. The van der Waals surface area contributed by atoms with E-state index in [-0.39, 0.29) is 21.5 Å². The van der Waals surface area contributed by atoms with Gasteiger partial charge in [-0.1, -0.05) is 17.8 Å². The number of benzene rings is 2. The number of halogens is 2. The molecular weight excluding hydrogens is 494 g/mol. The first kappa shape index (κ1) is 25.6. The molecule has 1 saturated heterocycles. The molecule has 0 spiro atoms. The molecule has 1 aromatic heterocycles. The topological polar surface area (TPSA) is 73.8 Å². The van der Waals surface area contributed by atoms with Crippen LogP contribution < -0.4 is 4.90 Å². The molecule has 35 heavy (non-hydrogen) atoms. The fourth-order valence-electron chi connectivity index (χ4n) is 4.07. The standard InChI is InChI=1S/C24H28F2N4O3S2/c1-28(2)11-6-14-30(24-27-22-20(26)15-18(25)16-21(22)34-24)23(31)17-7-9-19(10-8-17)35(32,33)29-12-4-3-5-13-29/h7-10,15-16H,3-6,11-14H2,1-2H3. The van der Waals surface area contributed by atoms with Crippen LogP contribution in [-0.4, -0.2) is 68.8 Å². The number of sulfonamides is 1. The zero-order chi connectivity index (χ0) is 25.2. The van der Waals surface area contributed by atoms with Gasteiger partial charge in [0.25, 0.3) is 5.91 Å². The summed E-state index contributed by atoms with van der Waals surface area (Å²) in [4.78, 5) is 21.3. The van der Waals surface area contributed by atoms with Crippen LogP contribution in [0.25, 0.3) is 10.2 Å². The van der Waals surface area contributed by atoms with Crippen molar-refractivity contribution in [3.63, 3.8) is 0 Å². The smallest absolute Gasteiger partial charge is 0.260 e. The van der Waals surface area contributed by atoms with Crippen LogP contribution in [-0.2, 0) is 10.0 Å². The van der Waals surface area contributed by atoms with Crippen LogP contribution in [0.5, 0.6) is 0 Å². The van der Waals surface area contributed by atoms with E-state index in [4.69, 9.17) is 0 Å². The second kappa shape index (κ2) is 10.7. The lowest BCUT2D eigenvalue weighted by atomic mass is 10.2. The molecule has 0 aliphatic carbocycles. The third-order valence-electron chi connectivity index (χ3n) is 5.92. The van der Waals surface area contributed by atoms with Crippen molar-refractivity contribution in [3.8, 4) is 0 Å². The van der Waals surface area contributed by atoms with Crippen molar-refractivity contribution in [2.24, 2.45) is 0 Å². The van der Waals surface area contributed by atoms with E-state index in [1.807, 2.05) is 19.0 Å². The minimum absolute atomic E-state index is 0.0137. The van der Waals surface area contributed by atoms with Crippen molar-refractivity contribution < 1.29 is 22.0 Å². The first-order valence-electron chi connectivity index (χ1n) is 11.5. The lowest BCUT2D eigenvalue weighted by Crippen LogP contribution is -2.35. The molecule has 1 fully saturated rings. The Labute approximate surface area is 208 Å². The van der Waals surface area contributed by atoms with Crippen molar-refractivity contribution in [3.05, 3.63) is 53.6 Å². The number of carbonyl (C=O) groups is 1. The average molecular weight is 523 g/mol. The van der Waals surface area contributed by atoms with Gasteiger partial charge >= 0.3 is 0 Å². The van der Waals surface area contributed by atoms with Crippen LogP contribution >= 0.6 is 11.3 Å². The molecule has 0 bridgehead atoms. The molecule has 4 rings (SSSR count). The number of fused-ring (bicyclic) bond motifs is 1.